The Labute approximate surface area is 103 Å². The summed E-state index contributed by atoms with van der Waals surface area (Å²) in [5.74, 6) is 0. The molecular formula is C12H30NO2Si+. The van der Waals surface area contributed by atoms with Gasteiger partial charge in [0.05, 0.1) is 19.6 Å². The Balaban J connectivity index is 4.68. The van der Waals surface area contributed by atoms with Crippen molar-refractivity contribution in [1.82, 2.24) is 0 Å². The van der Waals surface area contributed by atoms with E-state index in [0.717, 1.165) is 43.5 Å². The summed E-state index contributed by atoms with van der Waals surface area (Å²) in [6.07, 6.45) is 1.07. The maximum Gasteiger partial charge on any atom is 0.393 e. The lowest BCUT2D eigenvalue weighted by Gasteiger charge is -2.40. The summed E-state index contributed by atoms with van der Waals surface area (Å²) in [6, 6.07) is 0. The molecule has 0 aliphatic rings. The molecule has 98 valence electrons. The lowest BCUT2D eigenvalue weighted by molar-refractivity contribution is -0.915. The molecule has 0 rings (SSSR count). The van der Waals surface area contributed by atoms with Gasteiger partial charge in [-0.2, -0.15) is 0 Å². The highest BCUT2D eigenvalue weighted by atomic mass is 28.4. The smallest absolute Gasteiger partial charge is 0.391 e. The third-order valence-electron chi connectivity index (χ3n) is 3.53. The summed E-state index contributed by atoms with van der Waals surface area (Å²) >= 11 is 0. The van der Waals surface area contributed by atoms with Gasteiger partial charge >= 0.3 is 8.56 Å². The van der Waals surface area contributed by atoms with Gasteiger partial charge in [-0.15, -0.1) is 0 Å². The molecule has 0 aromatic heterocycles. The average molecular weight is 248 g/mol. The molecule has 0 atom stereocenters. The zero-order valence-electron chi connectivity index (χ0n) is 12.0. The molecule has 0 heterocycles. The molecule has 0 radical (unpaired) electrons. The van der Waals surface area contributed by atoms with E-state index in [1.165, 1.54) is 0 Å². The van der Waals surface area contributed by atoms with E-state index in [2.05, 4.69) is 41.2 Å². The molecule has 0 aliphatic heterocycles. The van der Waals surface area contributed by atoms with E-state index in [1.54, 1.807) is 0 Å². The van der Waals surface area contributed by atoms with Crippen molar-refractivity contribution < 1.29 is 13.3 Å². The maximum atomic E-state index is 5.93. The fourth-order valence-electron chi connectivity index (χ4n) is 2.36. The minimum Gasteiger partial charge on any atom is -0.391 e. The summed E-state index contributed by atoms with van der Waals surface area (Å²) in [6.45, 7) is 18.1. The molecule has 0 aromatic carbocycles. The lowest BCUT2D eigenvalue weighted by atomic mass is 10.4. The van der Waals surface area contributed by atoms with Crippen LogP contribution in [0.3, 0.4) is 0 Å². The second-order valence-electron chi connectivity index (χ2n) is 4.45. The van der Waals surface area contributed by atoms with Crippen LogP contribution in [-0.4, -0.2) is 52.1 Å². The van der Waals surface area contributed by atoms with Crippen molar-refractivity contribution in [3.8, 4) is 0 Å². The Hall–Kier alpha value is 0.0969. The standard InChI is InChI=1S/C12H30NO2Si/c1-7-13(8-2,9-3)12-16(6,14-10-4)15-11-5/h7-12H2,1-6H3/q+1. The van der Waals surface area contributed by atoms with Crippen LogP contribution in [0.15, 0.2) is 0 Å². The van der Waals surface area contributed by atoms with Crippen LogP contribution in [0.25, 0.3) is 0 Å². The monoisotopic (exact) mass is 248 g/mol. The van der Waals surface area contributed by atoms with Gasteiger partial charge < -0.3 is 13.3 Å². The Kier molecular flexibility index (Phi) is 7.47. The zero-order chi connectivity index (χ0) is 12.7. The first kappa shape index (κ1) is 16.1. The zero-order valence-corrected chi connectivity index (χ0v) is 13.0. The molecule has 0 saturated carbocycles. The lowest BCUT2D eigenvalue weighted by Crippen LogP contribution is -2.60. The predicted molar refractivity (Wildman–Crippen MR) is 71.6 cm³/mol. The van der Waals surface area contributed by atoms with Crippen LogP contribution < -0.4 is 0 Å². The second-order valence-corrected chi connectivity index (χ2v) is 7.61. The molecule has 4 heteroatoms. The van der Waals surface area contributed by atoms with E-state index in [0.29, 0.717) is 0 Å². The summed E-state index contributed by atoms with van der Waals surface area (Å²) < 4.78 is 13.0. The van der Waals surface area contributed by atoms with Crippen molar-refractivity contribution in [3.05, 3.63) is 0 Å². The number of nitrogens with zero attached hydrogens (tertiary/aromatic N) is 1. The van der Waals surface area contributed by atoms with Crippen LogP contribution in [0.4, 0.5) is 0 Å². The minimum absolute atomic E-state index is 0.764. The molecule has 0 saturated heterocycles. The third-order valence-corrected chi connectivity index (χ3v) is 6.58. The number of rotatable bonds is 9. The largest absolute Gasteiger partial charge is 0.393 e. The van der Waals surface area contributed by atoms with Gasteiger partial charge in [-0.1, -0.05) is 0 Å². The van der Waals surface area contributed by atoms with Crippen molar-refractivity contribution in [2.75, 3.05) is 39.0 Å². The van der Waals surface area contributed by atoms with Crippen LogP contribution in [0.1, 0.15) is 34.6 Å². The maximum absolute atomic E-state index is 5.93. The molecular weight excluding hydrogens is 218 g/mol. The first-order chi connectivity index (χ1) is 7.51. The fraction of sp³-hybridized carbons (Fsp3) is 1.00. The van der Waals surface area contributed by atoms with Gasteiger partial charge in [0, 0.05) is 13.2 Å². The van der Waals surface area contributed by atoms with E-state index < -0.39 is 8.56 Å². The summed E-state index contributed by atoms with van der Waals surface area (Å²) in [7, 11) is -1.98. The van der Waals surface area contributed by atoms with Crippen molar-refractivity contribution in [3.63, 3.8) is 0 Å². The molecule has 0 aromatic rings. The van der Waals surface area contributed by atoms with Gasteiger partial charge in [-0.05, 0) is 41.2 Å². The molecule has 0 bridgehead atoms. The van der Waals surface area contributed by atoms with Crippen LogP contribution in [0.5, 0.6) is 0 Å². The third kappa shape index (κ3) is 4.53. The van der Waals surface area contributed by atoms with Crippen LogP contribution in [0, 0.1) is 0 Å². The van der Waals surface area contributed by atoms with Gasteiger partial charge in [-0.3, -0.25) is 0 Å². The molecule has 3 nitrogen and oxygen atoms in total. The van der Waals surface area contributed by atoms with E-state index in [9.17, 15) is 0 Å². The highest BCUT2D eigenvalue weighted by Crippen LogP contribution is 2.16. The van der Waals surface area contributed by atoms with Crippen molar-refractivity contribution >= 4 is 8.56 Å². The summed E-state index contributed by atoms with van der Waals surface area (Å²) in [5.41, 5.74) is 0. The quantitative estimate of drug-likeness (QED) is 0.461. The van der Waals surface area contributed by atoms with Crippen LogP contribution in [0.2, 0.25) is 6.55 Å². The van der Waals surface area contributed by atoms with E-state index in [1.807, 2.05) is 0 Å². The van der Waals surface area contributed by atoms with E-state index in [4.69, 9.17) is 8.85 Å². The van der Waals surface area contributed by atoms with Gasteiger partial charge in [0.15, 0.2) is 0 Å². The minimum atomic E-state index is -1.98. The molecule has 0 amide bonds. The normalized spacial score (nSPS) is 13.1. The highest BCUT2D eigenvalue weighted by molar-refractivity contribution is 6.65. The fourth-order valence-corrected chi connectivity index (χ4v) is 5.74. The summed E-state index contributed by atoms with van der Waals surface area (Å²) in [5, 5.41) is 0. The first-order valence-corrected chi connectivity index (χ1v) is 9.16. The van der Waals surface area contributed by atoms with Gasteiger partial charge in [0.25, 0.3) is 0 Å². The van der Waals surface area contributed by atoms with Crippen LogP contribution in [-0.2, 0) is 8.85 Å². The molecule has 0 N–H and O–H groups in total. The Morgan fingerprint density at radius 1 is 0.812 bits per heavy atom. The molecule has 0 unspecified atom stereocenters. The number of hydrogen-bond acceptors (Lipinski definition) is 2. The topological polar surface area (TPSA) is 18.5 Å². The highest BCUT2D eigenvalue weighted by Gasteiger charge is 2.40. The number of quaternary nitrogens is 1. The van der Waals surface area contributed by atoms with Crippen LogP contribution >= 0.6 is 0 Å². The van der Waals surface area contributed by atoms with Gasteiger partial charge in [0.2, 0.25) is 0 Å². The molecule has 0 fully saturated rings. The molecule has 0 aliphatic carbocycles. The Morgan fingerprint density at radius 3 is 1.44 bits per heavy atom. The SMILES string of the molecule is CCO[Si](C)(C[N+](CC)(CC)CC)OCC. The van der Waals surface area contributed by atoms with E-state index >= 15 is 0 Å². The van der Waals surface area contributed by atoms with Crippen molar-refractivity contribution in [2.45, 2.75) is 41.2 Å². The molecule has 0 spiro atoms. The average Bonchev–Trinajstić information content (AvgIpc) is 2.27. The number of hydrogen-bond donors (Lipinski definition) is 0. The Bertz CT molecular complexity index is 170. The van der Waals surface area contributed by atoms with Crippen molar-refractivity contribution in [2.24, 2.45) is 0 Å². The second kappa shape index (κ2) is 7.43. The Morgan fingerprint density at radius 2 is 1.19 bits per heavy atom. The van der Waals surface area contributed by atoms with Gasteiger partial charge in [-0.25, -0.2) is 0 Å². The predicted octanol–water partition coefficient (Wildman–Crippen LogP) is 2.55. The first-order valence-electron chi connectivity index (χ1n) is 6.64. The van der Waals surface area contributed by atoms with Gasteiger partial charge in [0.1, 0.15) is 6.17 Å². The van der Waals surface area contributed by atoms with E-state index in [-0.39, 0.29) is 0 Å². The summed E-state index contributed by atoms with van der Waals surface area (Å²) in [4.78, 5) is 0. The van der Waals surface area contributed by atoms with Crippen molar-refractivity contribution in [1.29, 1.82) is 0 Å². The molecule has 16 heavy (non-hydrogen) atoms.